The number of rotatable bonds is 1. The van der Waals surface area contributed by atoms with Crippen LogP contribution in [0.2, 0.25) is 0 Å². The minimum atomic E-state index is 0.430. The molecule has 0 fully saturated rings. The number of aromatic nitrogens is 1. The van der Waals surface area contributed by atoms with Crippen molar-refractivity contribution in [3.63, 3.8) is 0 Å². The fourth-order valence-electron chi connectivity index (χ4n) is 1.60. The molecule has 3 rings (SSSR count). The zero-order valence-electron chi connectivity index (χ0n) is 8.80. The van der Waals surface area contributed by atoms with Crippen LogP contribution in [0.3, 0.4) is 0 Å². The molecule has 1 atom stereocenters. The van der Waals surface area contributed by atoms with E-state index in [1.54, 1.807) is 23.1 Å². The Morgan fingerprint density at radius 1 is 1.44 bits per heavy atom. The molecule has 1 unspecified atom stereocenters. The highest BCUT2D eigenvalue weighted by atomic mass is 32.2. The zero-order chi connectivity index (χ0) is 11.0. The number of thiazole rings is 1. The molecule has 0 aliphatic carbocycles. The SMILES string of the molecule is CC1CSC(Nc2ccc3ncsc3c2)=N1. The van der Waals surface area contributed by atoms with Crippen molar-refractivity contribution in [2.24, 2.45) is 4.99 Å². The van der Waals surface area contributed by atoms with Crippen molar-refractivity contribution in [1.82, 2.24) is 4.98 Å². The number of benzene rings is 1. The monoisotopic (exact) mass is 249 g/mol. The van der Waals surface area contributed by atoms with Crippen molar-refractivity contribution in [1.29, 1.82) is 0 Å². The second-order valence-corrected chi connectivity index (χ2v) is 5.65. The second kappa shape index (κ2) is 4.07. The maximum atomic E-state index is 4.51. The summed E-state index contributed by atoms with van der Waals surface area (Å²) in [5.41, 5.74) is 4.03. The number of amidine groups is 1. The third kappa shape index (κ3) is 1.92. The summed E-state index contributed by atoms with van der Waals surface area (Å²) in [6.45, 7) is 2.13. The predicted octanol–water partition coefficient (Wildman–Crippen LogP) is 3.20. The molecule has 16 heavy (non-hydrogen) atoms. The third-order valence-corrected chi connectivity index (χ3v) is 4.30. The number of fused-ring (bicyclic) bond motifs is 1. The van der Waals surface area contributed by atoms with E-state index in [0.717, 1.165) is 22.1 Å². The molecule has 0 saturated carbocycles. The quantitative estimate of drug-likeness (QED) is 0.843. The van der Waals surface area contributed by atoms with Crippen molar-refractivity contribution in [2.45, 2.75) is 13.0 Å². The summed E-state index contributed by atoms with van der Waals surface area (Å²) in [5.74, 6) is 1.07. The van der Waals surface area contributed by atoms with Crippen LogP contribution in [0.1, 0.15) is 6.92 Å². The van der Waals surface area contributed by atoms with E-state index in [4.69, 9.17) is 0 Å². The third-order valence-electron chi connectivity index (χ3n) is 2.38. The molecule has 1 aromatic heterocycles. The fraction of sp³-hybridized carbons (Fsp3) is 0.273. The molecule has 0 bridgehead atoms. The van der Waals surface area contributed by atoms with Crippen LogP contribution >= 0.6 is 23.1 Å². The molecule has 1 aromatic carbocycles. The maximum Gasteiger partial charge on any atom is 0.161 e. The largest absolute Gasteiger partial charge is 0.335 e. The van der Waals surface area contributed by atoms with E-state index in [0.29, 0.717) is 6.04 Å². The molecular weight excluding hydrogens is 238 g/mol. The summed E-state index contributed by atoms with van der Waals surface area (Å²) in [5, 5.41) is 4.37. The minimum absolute atomic E-state index is 0.430. The molecule has 0 amide bonds. The van der Waals surface area contributed by atoms with Crippen LogP contribution in [0, 0.1) is 0 Å². The smallest absolute Gasteiger partial charge is 0.161 e. The van der Waals surface area contributed by atoms with Crippen molar-refractivity contribution in [3.8, 4) is 0 Å². The Morgan fingerprint density at radius 3 is 3.19 bits per heavy atom. The van der Waals surface area contributed by atoms with Gasteiger partial charge in [0.1, 0.15) is 0 Å². The lowest BCUT2D eigenvalue weighted by atomic mass is 10.3. The van der Waals surface area contributed by atoms with E-state index in [2.05, 4.69) is 28.3 Å². The molecule has 82 valence electrons. The van der Waals surface area contributed by atoms with Gasteiger partial charge in [0.2, 0.25) is 0 Å². The molecule has 2 heterocycles. The normalized spacial score (nSPS) is 20.1. The van der Waals surface area contributed by atoms with Gasteiger partial charge in [-0.2, -0.15) is 0 Å². The van der Waals surface area contributed by atoms with Gasteiger partial charge < -0.3 is 5.32 Å². The van der Waals surface area contributed by atoms with Crippen molar-refractivity contribution in [2.75, 3.05) is 11.1 Å². The highest BCUT2D eigenvalue weighted by Gasteiger charge is 2.13. The molecule has 1 aliphatic rings. The van der Waals surface area contributed by atoms with Crippen LogP contribution in [0.5, 0.6) is 0 Å². The van der Waals surface area contributed by atoms with Gasteiger partial charge >= 0.3 is 0 Å². The molecule has 5 heteroatoms. The summed E-state index contributed by atoms with van der Waals surface area (Å²) < 4.78 is 1.21. The number of hydrogen-bond donors (Lipinski definition) is 1. The molecule has 0 spiro atoms. The van der Waals surface area contributed by atoms with Gasteiger partial charge in [0, 0.05) is 11.4 Å². The van der Waals surface area contributed by atoms with E-state index < -0.39 is 0 Å². The lowest BCUT2D eigenvalue weighted by molar-refractivity contribution is 0.865. The number of thioether (sulfide) groups is 1. The van der Waals surface area contributed by atoms with Crippen LogP contribution in [-0.4, -0.2) is 21.9 Å². The van der Waals surface area contributed by atoms with Gasteiger partial charge in [-0.15, -0.1) is 11.3 Å². The van der Waals surface area contributed by atoms with Crippen molar-refractivity contribution < 1.29 is 0 Å². The summed E-state index contributed by atoms with van der Waals surface area (Å²) in [6.07, 6.45) is 0. The molecule has 0 saturated heterocycles. The first-order chi connectivity index (χ1) is 7.81. The van der Waals surface area contributed by atoms with E-state index in [9.17, 15) is 0 Å². The van der Waals surface area contributed by atoms with Crippen LogP contribution < -0.4 is 5.32 Å². The minimum Gasteiger partial charge on any atom is -0.335 e. The first-order valence-corrected chi connectivity index (χ1v) is 6.99. The van der Waals surface area contributed by atoms with Crippen LogP contribution in [0.4, 0.5) is 5.69 Å². The van der Waals surface area contributed by atoms with Gasteiger partial charge in [-0.05, 0) is 25.1 Å². The van der Waals surface area contributed by atoms with Crippen molar-refractivity contribution in [3.05, 3.63) is 23.7 Å². The lowest BCUT2D eigenvalue weighted by Gasteiger charge is -2.04. The van der Waals surface area contributed by atoms with Gasteiger partial charge in [0.15, 0.2) is 5.17 Å². The molecule has 1 N–H and O–H groups in total. The van der Waals surface area contributed by atoms with Gasteiger partial charge in [0.05, 0.1) is 21.8 Å². The summed E-state index contributed by atoms with van der Waals surface area (Å²) >= 11 is 3.44. The first-order valence-electron chi connectivity index (χ1n) is 5.12. The number of nitrogens with zero attached hydrogens (tertiary/aromatic N) is 2. The van der Waals surface area contributed by atoms with Gasteiger partial charge in [-0.3, -0.25) is 4.99 Å². The lowest BCUT2D eigenvalue weighted by Crippen LogP contribution is -2.04. The van der Waals surface area contributed by atoms with E-state index in [1.165, 1.54) is 4.70 Å². The Kier molecular flexibility index (Phi) is 2.57. The molecule has 0 radical (unpaired) electrons. The first kappa shape index (κ1) is 10.1. The molecule has 2 aromatic rings. The average Bonchev–Trinajstić information content (AvgIpc) is 2.87. The average molecular weight is 249 g/mol. The number of hydrogen-bond acceptors (Lipinski definition) is 5. The maximum absolute atomic E-state index is 4.51. The Balaban J connectivity index is 1.86. The van der Waals surface area contributed by atoms with E-state index >= 15 is 0 Å². The van der Waals surface area contributed by atoms with Crippen LogP contribution in [-0.2, 0) is 0 Å². The Hall–Kier alpha value is -1.07. The highest BCUT2D eigenvalue weighted by molar-refractivity contribution is 8.14. The summed E-state index contributed by atoms with van der Waals surface area (Å²) in [4.78, 5) is 8.77. The highest BCUT2D eigenvalue weighted by Crippen LogP contribution is 2.24. The molecule has 3 nitrogen and oxygen atoms in total. The van der Waals surface area contributed by atoms with Gasteiger partial charge in [-0.1, -0.05) is 11.8 Å². The summed E-state index contributed by atoms with van der Waals surface area (Å²) in [7, 11) is 0. The molecule has 1 aliphatic heterocycles. The van der Waals surface area contributed by atoms with E-state index in [-0.39, 0.29) is 0 Å². The Morgan fingerprint density at radius 2 is 2.38 bits per heavy atom. The van der Waals surface area contributed by atoms with Gasteiger partial charge in [0.25, 0.3) is 0 Å². The van der Waals surface area contributed by atoms with Crippen LogP contribution in [0.25, 0.3) is 10.2 Å². The second-order valence-electron chi connectivity index (χ2n) is 3.75. The van der Waals surface area contributed by atoms with Crippen LogP contribution in [0.15, 0.2) is 28.7 Å². The number of aliphatic imine (C=N–C) groups is 1. The number of anilines is 1. The zero-order valence-corrected chi connectivity index (χ0v) is 10.4. The Labute approximate surface area is 102 Å². The topological polar surface area (TPSA) is 37.3 Å². The fourth-order valence-corrected chi connectivity index (χ4v) is 3.23. The predicted molar refractivity (Wildman–Crippen MR) is 72.6 cm³/mol. The Bertz CT molecular complexity index is 547. The summed E-state index contributed by atoms with van der Waals surface area (Å²) in [6, 6.07) is 6.64. The number of nitrogens with one attached hydrogen (secondary N) is 1. The standard InChI is InChI=1S/C11H11N3S2/c1-7-5-15-11(13-7)14-8-2-3-9-10(4-8)16-6-12-9/h2-4,6-7H,5H2,1H3,(H,13,14). The molecular formula is C11H11N3S2. The van der Waals surface area contributed by atoms with Crippen molar-refractivity contribution >= 4 is 44.2 Å². The van der Waals surface area contributed by atoms with E-state index in [1.807, 2.05) is 17.6 Å². The van der Waals surface area contributed by atoms with Gasteiger partial charge in [-0.25, -0.2) is 4.98 Å².